The molecule has 2 aliphatic rings. The zero-order valence-electron chi connectivity index (χ0n) is 17.0. The van der Waals surface area contributed by atoms with Gasteiger partial charge in [-0.05, 0) is 20.3 Å². The molecule has 160 valence electrons. The predicted octanol–water partition coefficient (Wildman–Crippen LogP) is 1.67. The number of aromatic nitrogens is 6. The van der Waals surface area contributed by atoms with Gasteiger partial charge in [-0.1, -0.05) is 0 Å². The van der Waals surface area contributed by atoms with Crippen molar-refractivity contribution in [2.24, 2.45) is 0 Å². The van der Waals surface area contributed by atoms with E-state index < -0.39 is 6.17 Å². The van der Waals surface area contributed by atoms with Gasteiger partial charge in [0, 0.05) is 31.5 Å². The number of hydrogen-bond acceptors (Lipinski definition) is 8. The topological polar surface area (TPSA) is 105 Å². The molecule has 2 saturated heterocycles. The zero-order valence-corrected chi connectivity index (χ0v) is 17.0. The van der Waals surface area contributed by atoms with E-state index in [2.05, 4.69) is 44.3 Å². The molecule has 2 aliphatic heterocycles. The minimum Gasteiger partial charge on any atom is -0.378 e. The van der Waals surface area contributed by atoms with Crippen molar-refractivity contribution in [3.63, 3.8) is 0 Å². The van der Waals surface area contributed by atoms with Crippen LogP contribution in [0.5, 0.6) is 0 Å². The van der Waals surface area contributed by atoms with E-state index in [1.54, 1.807) is 23.2 Å². The molecule has 3 aromatic rings. The number of anilines is 2. The van der Waals surface area contributed by atoms with Gasteiger partial charge in [-0.25, -0.2) is 9.37 Å². The lowest BCUT2D eigenvalue weighted by Crippen LogP contribution is -2.46. The largest absolute Gasteiger partial charge is 0.378 e. The van der Waals surface area contributed by atoms with Crippen LogP contribution in [0.25, 0.3) is 16.9 Å². The third kappa shape index (κ3) is 3.58. The van der Waals surface area contributed by atoms with Crippen molar-refractivity contribution in [3.05, 3.63) is 18.7 Å². The summed E-state index contributed by atoms with van der Waals surface area (Å²) in [5.74, 6) is 0.381. The smallest absolute Gasteiger partial charge is 0.243 e. The van der Waals surface area contributed by atoms with Crippen molar-refractivity contribution in [2.45, 2.75) is 44.7 Å². The number of hydrogen-bond donors (Lipinski definition) is 2. The van der Waals surface area contributed by atoms with Gasteiger partial charge >= 0.3 is 0 Å². The van der Waals surface area contributed by atoms with Gasteiger partial charge in [0.05, 0.1) is 31.1 Å². The fourth-order valence-electron chi connectivity index (χ4n) is 4.18. The van der Waals surface area contributed by atoms with E-state index in [1.807, 2.05) is 0 Å². The lowest BCUT2D eigenvalue weighted by Gasteiger charge is -2.37. The Labute approximate surface area is 172 Å². The zero-order chi connectivity index (χ0) is 20.7. The minimum atomic E-state index is -1.09. The Bertz CT molecular complexity index is 1000. The maximum absolute atomic E-state index is 14.2. The standard InChI is InChI=1S/C19H25FN8O2/c1-11-7-27(8-12(2)30-11)17-16(13-5-22-23-6-13)21-10-28-18(17)25-19(26-28)24-15-3-4-29-9-14(15)20/h5-6,10-12,14-15H,3-4,7-9H2,1-2H3,(H,22,23)(H,24,26)/t11-,12+,14-,15+/m1/s1. The molecule has 5 rings (SSSR count). The first-order chi connectivity index (χ1) is 14.6. The maximum Gasteiger partial charge on any atom is 0.243 e. The number of ether oxygens (including phenoxy) is 2. The molecule has 4 atom stereocenters. The van der Waals surface area contributed by atoms with Gasteiger partial charge in [0.1, 0.15) is 23.9 Å². The van der Waals surface area contributed by atoms with Gasteiger partial charge < -0.3 is 19.7 Å². The van der Waals surface area contributed by atoms with Crippen LogP contribution in [0.2, 0.25) is 0 Å². The predicted molar refractivity (Wildman–Crippen MR) is 108 cm³/mol. The number of H-pyrrole nitrogens is 1. The number of nitrogens with one attached hydrogen (secondary N) is 2. The van der Waals surface area contributed by atoms with Crippen molar-refractivity contribution in [3.8, 4) is 11.3 Å². The SMILES string of the molecule is C[C@@H]1CN(c2c(-c3cn[nH]c3)ncn3nc(N[C@H]4CCOC[C@H]4F)nc23)C[C@H](C)O1. The molecule has 0 saturated carbocycles. The van der Waals surface area contributed by atoms with E-state index in [4.69, 9.17) is 14.5 Å². The molecule has 0 bridgehead atoms. The highest BCUT2D eigenvalue weighted by Crippen LogP contribution is 2.34. The molecule has 0 unspecified atom stereocenters. The van der Waals surface area contributed by atoms with Crippen LogP contribution in [0, 0.1) is 0 Å². The van der Waals surface area contributed by atoms with Gasteiger partial charge in [-0.3, -0.25) is 5.10 Å². The van der Waals surface area contributed by atoms with Crippen molar-refractivity contribution >= 4 is 17.3 Å². The second-order valence-electron chi connectivity index (χ2n) is 7.93. The van der Waals surface area contributed by atoms with E-state index in [-0.39, 0.29) is 24.9 Å². The van der Waals surface area contributed by atoms with Crippen LogP contribution < -0.4 is 10.2 Å². The summed E-state index contributed by atoms with van der Waals surface area (Å²) in [4.78, 5) is 11.6. The average molecular weight is 416 g/mol. The van der Waals surface area contributed by atoms with Gasteiger partial charge in [0.15, 0.2) is 5.65 Å². The van der Waals surface area contributed by atoms with Crippen molar-refractivity contribution in [1.29, 1.82) is 0 Å². The van der Waals surface area contributed by atoms with E-state index in [1.165, 1.54) is 0 Å². The summed E-state index contributed by atoms with van der Waals surface area (Å²) >= 11 is 0. The van der Waals surface area contributed by atoms with Crippen LogP contribution in [0.4, 0.5) is 16.0 Å². The van der Waals surface area contributed by atoms with Gasteiger partial charge in [0.25, 0.3) is 0 Å². The highest BCUT2D eigenvalue weighted by molar-refractivity contribution is 5.85. The normalized spacial score (nSPS) is 27.5. The maximum atomic E-state index is 14.2. The van der Waals surface area contributed by atoms with Crippen molar-refractivity contribution in [1.82, 2.24) is 29.8 Å². The first-order valence-electron chi connectivity index (χ1n) is 10.2. The Morgan fingerprint density at radius 2 is 2.10 bits per heavy atom. The Morgan fingerprint density at radius 1 is 1.27 bits per heavy atom. The Balaban J connectivity index is 1.57. The van der Waals surface area contributed by atoms with Crippen LogP contribution in [-0.2, 0) is 9.47 Å². The fraction of sp³-hybridized carbons (Fsp3) is 0.579. The second kappa shape index (κ2) is 7.80. The molecule has 0 spiro atoms. The Kier molecular flexibility index (Phi) is 4.99. The molecule has 10 nitrogen and oxygen atoms in total. The minimum absolute atomic E-state index is 0.0706. The number of nitrogens with zero attached hydrogens (tertiary/aromatic N) is 6. The van der Waals surface area contributed by atoms with Gasteiger partial charge in [-0.15, -0.1) is 5.10 Å². The van der Waals surface area contributed by atoms with E-state index in [0.717, 1.165) is 16.9 Å². The molecule has 0 amide bonds. The molecule has 0 aromatic carbocycles. The summed E-state index contributed by atoms with van der Waals surface area (Å²) in [7, 11) is 0. The highest BCUT2D eigenvalue weighted by Gasteiger charge is 2.30. The molecule has 5 heterocycles. The number of aromatic amines is 1. The summed E-state index contributed by atoms with van der Waals surface area (Å²) < 4.78 is 26.9. The van der Waals surface area contributed by atoms with Crippen LogP contribution in [0.1, 0.15) is 20.3 Å². The van der Waals surface area contributed by atoms with Crippen molar-refractivity contribution < 1.29 is 13.9 Å². The lowest BCUT2D eigenvalue weighted by atomic mass is 10.1. The Hall–Kier alpha value is -2.79. The highest BCUT2D eigenvalue weighted by atomic mass is 19.1. The summed E-state index contributed by atoms with van der Waals surface area (Å²) in [6, 6.07) is -0.371. The van der Waals surface area contributed by atoms with E-state index >= 15 is 0 Å². The van der Waals surface area contributed by atoms with Crippen LogP contribution >= 0.6 is 0 Å². The number of morpholine rings is 1. The number of fused-ring (bicyclic) bond motifs is 1. The van der Waals surface area contributed by atoms with E-state index in [9.17, 15) is 4.39 Å². The van der Waals surface area contributed by atoms with Crippen LogP contribution in [0.3, 0.4) is 0 Å². The first-order valence-corrected chi connectivity index (χ1v) is 10.2. The molecule has 2 fully saturated rings. The number of alkyl halides is 1. The summed E-state index contributed by atoms with van der Waals surface area (Å²) in [6.45, 7) is 6.13. The molecule has 11 heteroatoms. The first kappa shape index (κ1) is 19.2. The molecule has 3 aromatic heterocycles. The van der Waals surface area contributed by atoms with E-state index in [0.29, 0.717) is 37.7 Å². The molecule has 0 aliphatic carbocycles. The molecule has 2 N–H and O–H groups in total. The van der Waals surface area contributed by atoms with Gasteiger partial charge in [-0.2, -0.15) is 14.6 Å². The monoisotopic (exact) mass is 416 g/mol. The van der Waals surface area contributed by atoms with Crippen LogP contribution in [0.15, 0.2) is 18.7 Å². The molecular formula is C19H25FN8O2. The quantitative estimate of drug-likeness (QED) is 0.662. The number of rotatable bonds is 4. The molecular weight excluding hydrogens is 391 g/mol. The third-order valence-corrected chi connectivity index (χ3v) is 5.47. The average Bonchev–Trinajstić information content (AvgIpc) is 3.37. The fourth-order valence-corrected chi connectivity index (χ4v) is 4.18. The van der Waals surface area contributed by atoms with Crippen LogP contribution in [-0.4, -0.2) is 80.5 Å². The van der Waals surface area contributed by atoms with Gasteiger partial charge in [0.2, 0.25) is 5.95 Å². The van der Waals surface area contributed by atoms with Crippen molar-refractivity contribution in [2.75, 3.05) is 36.5 Å². The summed E-state index contributed by atoms with van der Waals surface area (Å²) in [5.41, 5.74) is 3.16. The Morgan fingerprint density at radius 3 is 2.83 bits per heavy atom. The number of halogens is 1. The molecule has 0 radical (unpaired) electrons. The molecule has 30 heavy (non-hydrogen) atoms. The lowest BCUT2D eigenvalue weighted by molar-refractivity contribution is -0.00514. The second-order valence-corrected chi connectivity index (χ2v) is 7.93. The summed E-state index contributed by atoms with van der Waals surface area (Å²) in [6.07, 6.45) is 4.79. The summed E-state index contributed by atoms with van der Waals surface area (Å²) in [5, 5.41) is 14.5. The third-order valence-electron chi connectivity index (χ3n) is 5.47.